The Morgan fingerprint density at radius 2 is 2.04 bits per heavy atom. The van der Waals surface area contributed by atoms with Crippen LogP contribution < -0.4 is 20.8 Å². The fourth-order valence-electron chi connectivity index (χ4n) is 2.44. The summed E-state index contributed by atoms with van der Waals surface area (Å²) in [6.07, 6.45) is 0.0457. The molecule has 8 heteroatoms. The van der Waals surface area contributed by atoms with E-state index in [-0.39, 0.29) is 18.2 Å². The van der Waals surface area contributed by atoms with Crippen molar-refractivity contribution in [1.29, 1.82) is 0 Å². The van der Waals surface area contributed by atoms with Crippen molar-refractivity contribution < 1.29 is 14.3 Å². The standard InChI is InChI=1S/C16H19N5O3/c1-9(2)14-19-16-18-13(22)8-12(21(16)20-14)15(23)17-10-4-6-11(24-3)7-5-10/h4-7,12,20H,8H2,1-3H3,(H,17,23)(H,18,19,22)/t12-/m1/s1. The molecule has 1 atom stereocenters. The highest BCUT2D eigenvalue weighted by molar-refractivity contribution is 6.07. The Morgan fingerprint density at radius 1 is 1.33 bits per heavy atom. The molecule has 0 spiro atoms. The molecular formula is C16H19N5O3. The summed E-state index contributed by atoms with van der Waals surface area (Å²) in [4.78, 5) is 28.8. The van der Waals surface area contributed by atoms with Gasteiger partial charge in [-0.1, -0.05) is 0 Å². The summed E-state index contributed by atoms with van der Waals surface area (Å²) >= 11 is 0. The van der Waals surface area contributed by atoms with Gasteiger partial charge >= 0.3 is 0 Å². The van der Waals surface area contributed by atoms with Gasteiger partial charge in [-0.2, -0.15) is 4.99 Å². The molecule has 1 fully saturated rings. The number of nitrogens with zero attached hydrogens (tertiary/aromatic N) is 2. The smallest absolute Gasteiger partial charge is 0.249 e. The van der Waals surface area contributed by atoms with Crippen LogP contribution in [0.15, 0.2) is 40.7 Å². The summed E-state index contributed by atoms with van der Waals surface area (Å²) in [6, 6.07) is 6.31. The second-order valence-corrected chi connectivity index (χ2v) is 5.75. The average molecular weight is 329 g/mol. The van der Waals surface area contributed by atoms with E-state index in [1.54, 1.807) is 36.4 Å². The lowest BCUT2D eigenvalue weighted by Gasteiger charge is -2.32. The minimum absolute atomic E-state index is 0.0457. The van der Waals surface area contributed by atoms with Gasteiger partial charge in [-0.3, -0.25) is 20.3 Å². The van der Waals surface area contributed by atoms with Crippen molar-refractivity contribution in [1.82, 2.24) is 15.8 Å². The van der Waals surface area contributed by atoms with Gasteiger partial charge in [0.2, 0.25) is 17.8 Å². The molecule has 0 aromatic heterocycles. The minimum Gasteiger partial charge on any atom is -0.497 e. The first kappa shape index (κ1) is 15.9. The molecule has 1 aromatic rings. The molecule has 0 bridgehead atoms. The molecule has 1 saturated heterocycles. The van der Waals surface area contributed by atoms with Crippen LogP contribution in [0.1, 0.15) is 20.3 Å². The second kappa shape index (κ2) is 6.23. The molecule has 0 unspecified atom stereocenters. The Kier molecular flexibility index (Phi) is 4.11. The fourth-order valence-corrected chi connectivity index (χ4v) is 2.44. The van der Waals surface area contributed by atoms with E-state index >= 15 is 0 Å². The highest BCUT2D eigenvalue weighted by atomic mass is 16.5. The normalized spacial score (nSPS) is 19.0. The SMILES string of the molecule is COc1ccc(NC(=O)[C@H]2CC(=O)NC3=NC(=C(C)C)NN32)cc1. The van der Waals surface area contributed by atoms with E-state index in [0.29, 0.717) is 23.2 Å². The molecule has 2 amide bonds. The Labute approximate surface area is 139 Å². The molecule has 126 valence electrons. The molecule has 1 aromatic carbocycles. The van der Waals surface area contributed by atoms with E-state index in [2.05, 4.69) is 21.1 Å². The number of aliphatic imine (C=N–C) groups is 1. The summed E-state index contributed by atoms with van der Waals surface area (Å²) in [5, 5.41) is 7.07. The van der Waals surface area contributed by atoms with Crippen molar-refractivity contribution in [3.63, 3.8) is 0 Å². The number of fused-ring (bicyclic) bond motifs is 1. The van der Waals surface area contributed by atoms with Crippen LogP contribution in [0.4, 0.5) is 5.69 Å². The quantitative estimate of drug-likeness (QED) is 0.767. The molecule has 0 aliphatic carbocycles. The third kappa shape index (κ3) is 3.03. The van der Waals surface area contributed by atoms with Gasteiger partial charge in [0, 0.05) is 5.69 Å². The van der Waals surface area contributed by atoms with Crippen LogP contribution in [0, 0.1) is 0 Å². The van der Waals surface area contributed by atoms with Crippen LogP contribution in [0.25, 0.3) is 0 Å². The van der Waals surface area contributed by atoms with E-state index in [1.165, 1.54) is 0 Å². The molecule has 8 nitrogen and oxygen atoms in total. The van der Waals surface area contributed by atoms with Crippen molar-refractivity contribution in [2.75, 3.05) is 12.4 Å². The summed E-state index contributed by atoms with van der Waals surface area (Å²) in [6.45, 7) is 3.80. The van der Waals surface area contributed by atoms with Crippen molar-refractivity contribution in [2.45, 2.75) is 26.3 Å². The third-order valence-corrected chi connectivity index (χ3v) is 3.75. The zero-order valence-corrected chi connectivity index (χ0v) is 13.7. The number of hydrazine groups is 1. The molecule has 3 N–H and O–H groups in total. The van der Waals surface area contributed by atoms with Gasteiger partial charge in [-0.25, -0.2) is 5.01 Å². The number of hydrogen-bond acceptors (Lipinski definition) is 6. The minimum atomic E-state index is -0.684. The zero-order chi connectivity index (χ0) is 17.3. The van der Waals surface area contributed by atoms with E-state index in [1.807, 2.05) is 13.8 Å². The van der Waals surface area contributed by atoms with Gasteiger partial charge in [0.1, 0.15) is 17.6 Å². The highest BCUT2D eigenvalue weighted by Gasteiger charge is 2.39. The Bertz CT molecular complexity index is 735. The number of amides is 2. The average Bonchev–Trinajstić information content (AvgIpc) is 2.98. The number of anilines is 1. The molecule has 3 rings (SSSR count). The molecule has 0 radical (unpaired) electrons. The molecule has 2 heterocycles. The van der Waals surface area contributed by atoms with Crippen molar-refractivity contribution >= 4 is 23.5 Å². The van der Waals surface area contributed by atoms with Crippen LogP contribution in [0.3, 0.4) is 0 Å². The first-order chi connectivity index (χ1) is 11.5. The number of carbonyl (C=O) groups excluding carboxylic acids is 2. The number of methoxy groups -OCH3 is 1. The number of rotatable bonds is 3. The molecule has 2 aliphatic rings. The van der Waals surface area contributed by atoms with Gasteiger partial charge in [0.05, 0.1) is 13.5 Å². The Hall–Kier alpha value is -3.03. The summed E-state index contributed by atoms with van der Waals surface area (Å²) < 4.78 is 5.09. The van der Waals surface area contributed by atoms with Crippen LogP contribution in [0.5, 0.6) is 5.75 Å². The maximum Gasteiger partial charge on any atom is 0.249 e. The lowest BCUT2D eigenvalue weighted by molar-refractivity contribution is -0.129. The third-order valence-electron chi connectivity index (χ3n) is 3.75. The van der Waals surface area contributed by atoms with Gasteiger partial charge in [-0.05, 0) is 43.7 Å². The molecular weight excluding hydrogens is 310 g/mol. The van der Waals surface area contributed by atoms with Gasteiger partial charge in [0.25, 0.3) is 0 Å². The van der Waals surface area contributed by atoms with E-state index in [9.17, 15) is 9.59 Å². The number of ether oxygens (including phenoxy) is 1. The number of carbonyl (C=O) groups is 2. The van der Waals surface area contributed by atoms with Gasteiger partial charge < -0.3 is 10.1 Å². The van der Waals surface area contributed by atoms with E-state index in [4.69, 9.17) is 4.74 Å². The van der Waals surface area contributed by atoms with Crippen LogP contribution in [-0.2, 0) is 9.59 Å². The number of benzene rings is 1. The number of nitrogens with one attached hydrogen (secondary N) is 3. The second-order valence-electron chi connectivity index (χ2n) is 5.75. The summed E-state index contributed by atoms with van der Waals surface area (Å²) in [5.41, 5.74) is 4.65. The maximum atomic E-state index is 12.6. The summed E-state index contributed by atoms with van der Waals surface area (Å²) in [7, 11) is 1.58. The van der Waals surface area contributed by atoms with Gasteiger partial charge in [0.15, 0.2) is 0 Å². The Balaban J connectivity index is 1.77. The Morgan fingerprint density at radius 3 is 2.67 bits per heavy atom. The zero-order valence-electron chi connectivity index (χ0n) is 13.7. The molecule has 24 heavy (non-hydrogen) atoms. The predicted octanol–water partition coefficient (Wildman–Crippen LogP) is 0.950. The van der Waals surface area contributed by atoms with Crippen molar-refractivity contribution in [2.24, 2.45) is 4.99 Å². The largest absolute Gasteiger partial charge is 0.497 e. The monoisotopic (exact) mass is 329 g/mol. The summed E-state index contributed by atoms with van der Waals surface area (Å²) in [5.74, 6) is 1.16. The molecule has 2 aliphatic heterocycles. The first-order valence-electron chi connectivity index (χ1n) is 7.55. The number of allylic oxidation sites excluding steroid dienone is 1. The van der Waals surface area contributed by atoms with Crippen molar-refractivity contribution in [3.8, 4) is 5.75 Å². The highest BCUT2D eigenvalue weighted by Crippen LogP contribution is 2.20. The van der Waals surface area contributed by atoms with E-state index < -0.39 is 6.04 Å². The lowest BCUT2D eigenvalue weighted by atomic mass is 10.1. The first-order valence-corrected chi connectivity index (χ1v) is 7.55. The topological polar surface area (TPSA) is 95.1 Å². The lowest BCUT2D eigenvalue weighted by Crippen LogP contribution is -2.61. The number of guanidine groups is 1. The number of hydrogen-bond donors (Lipinski definition) is 3. The van der Waals surface area contributed by atoms with Crippen molar-refractivity contribution in [3.05, 3.63) is 35.7 Å². The fraction of sp³-hybridized carbons (Fsp3) is 0.312. The van der Waals surface area contributed by atoms with E-state index in [0.717, 1.165) is 5.57 Å². The van der Waals surface area contributed by atoms with Crippen LogP contribution >= 0.6 is 0 Å². The van der Waals surface area contributed by atoms with Crippen LogP contribution in [0.2, 0.25) is 0 Å². The predicted molar refractivity (Wildman–Crippen MR) is 89.0 cm³/mol. The maximum absolute atomic E-state index is 12.6. The van der Waals surface area contributed by atoms with Crippen LogP contribution in [-0.4, -0.2) is 35.9 Å². The molecule has 0 saturated carbocycles. The van der Waals surface area contributed by atoms with Gasteiger partial charge in [-0.15, -0.1) is 0 Å².